The van der Waals surface area contributed by atoms with Crippen molar-refractivity contribution in [3.05, 3.63) is 52.7 Å². The van der Waals surface area contributed by atoms with Gasteiger partial charge in [-0.1, -0.05) is 6.07 Å². The molecule has 4 aromatic rings. The highest BCUT2D eigenvalue weighted by atomic mass is 32.1. The molecule has 0 aromatic carbocycles. The smallest absolute Gasteiger partial charge is 0.326 e. The molecule has 4 heterocycles. The Morgan fingerprint density at radius 1 is 1.14 bits per heavy atom. The molecular weight excluding hydrogens is 394 g/mol. The summed E-state index contributed by atoms with van der Waals surface area (Å²) >= 11 is 3.06. The van der Waals surface area contributed by atoms with Crippen LogP contribution in [0.5, 0.6) is 0 Å². The van der Waals surface area contributed by atoms with Crippen LogP contribution in [0, 0.1) is 6.92 Å². The van der Waals surface area contributed by atoms with E-state index in [9.17, 15) is 4.79 Å². The third-order valence-corrected chi connectivity index (χ3v) is 5.69. The Balaban J connectivity index is 1.29. The minimum absolute atomic E-state index is 0.363. The summed E-state index contributed by atoms with van der Waals surface area (Å²) in [5.74, 6) is 1.34. The first kappa shape index (κ1) is 18.3. The van der Waals surface area contributed by atoms with E-state index < -0.39 is 0 Å². The van der Waals surface area contributed by atoms with Crippen LogP contribution in [0.25, 0.3) is 10.2 Å². The van der Waals surface area contributed by atoms with Crippen molar-refractivity contribution in [2.75, 3.05) is 22.5 Å². The number of hydrogen-bond donors (Lipinski definition) is 3. The van der Waals surface area contributed by atoms with Crippen LogP contribution in [0.1, 0.15) is 10.6 Å². The zero-order valence-corrected chi connectivity index (χ0v) is 16.6. The van der Waals surface area contributed by atoms with Gasteiger partial charge in [0, 0.05) is 29.7 Å². The summed E-state index contributed by atoms with van der Waals surface area (Å²) in [6.45, 7) is 2.58. The van der Waals surface area contributed by atoms with Crippen molar-refractivity contribution in [3.63, 3.8) is 0 Å². The maximum atomic E-state index is 12.1. The van der Waals surface area contributed by atoms with Gasteiger partial charge in [0.25, 0.3) is 0 Å². The molecule has 0 aliphatic carbocycles. The Labute approximate surface area is 169 Å². The molecule has 4 rings (SSSR count). The molecule has 4 aromatic heterocycles. The number of amides is 2. The first-order valence-electron chi connectivity index (χ1n) is 8.56. The maximum absolute atomic E-state index is 12.1. The third-order valence-electron chi connectivity index (χ3n) is 3.81. The summed E-state index contributed by atoms with van der Waals surface area (Å²) in [5.41, 5.74) is 1.78. The number of aryl methyl sites for hydroxylation is 1. The quantitative estimate of drug-likeness (QED) is 0.440. The van der Waals surface area contributed by atoms with E-state index in [4.69, 9.17) is 0 Å². The number of rotatable bonds is 6. The Morgan fingerprint density at radius 2 is 2.07 bits per heavy atom. The van der Waals surface area contributed by atoms with E-state index in [1.807, 2.05) is 30.5 Å². The maximum Gasteiger partial charge on any atom is 0.326 e. The number of carbonyl (C=O) groups excluding carboxylic acids is 1. The van der Waals surface area contributed by atoms with E-state index in [-0.39, 0.29) is 6.03 Å². The molecule has 10 heteroatoms. The Bertz CT molecular complexity index is 1110. The Kier molecular flexibility index (Phi) is 5.40. The van der Waals surface area contributed by atoms with Gasteiger partial charge in [0.2, 0.25) is 0 Å². The van der Waals surface area contributed by atoms with E-state index >= 15 is 0 Å². The molecule has 0 radical (unpaired) electrons. The molecule has 28 heavy (non-hydrogen) atoms. The molecule has 8 nitrogen and oxygen atoms in total. The predicted molar refractivity (Wildman–Crippen MR) is 113 cm³/mol. The fourth-order valence-electron chi connectivity index (χ4n) is 2.56. The van der Waals surface area contributed by atoms with Crippen LogP contribution in [0.3, 0.4) is 0 Å². The van der Waals surface area contributed by atoms with E-state index in [1.54, 1.807) is 29.9 Å². The van der Waals surface area contributed by atoms with Crippen LogP contribution in [-0.2, 0) is 6.42 Å². The lowest BCUT2D eigenvalue weighted by molar-refractivity contribution is 0.262. The minimum Gasteiger partial charge on any atom is -0.368 e. The second-order valence-corrected chi connectivity index (χ2v) is 7.94. The number of thiophene rings is 1. The summed E-state index contributed by atoms with van der Waals surface area (Å²) in [4.78, 5) is 30.2. The second-order valence-electron chi connectivity index (χ2n) is 5.91. The fourth-order valence-corrected chi connectivity index (χ4v) is 4.18. The van der Waals surface area contributed by atoms with Crippen molar-refractivity contribution in [2.45, 2.75) is 13.3 Å². The van der Waals surface area contributed by atoms with Gasteiger partial charge in [-0.05, 0) is 30.5 Å². The highest BCUT2D eigenvalue weighted by Gasteiger charge is 2.09. The molecule has 0 bridgehead atoms. The molecular formula is C18H17N7OS2. The van der Waals surface area contributed by atoms with Gasteiger partial charge in [0.05, 0.1) is 10.2 Å². The molecule has 0 unspecified atom stereocenters. The van der Waals surface area contributed by atoms with E-state index in [0.29, 0.717) is 17.5 Å². The average molecular weight is 412 g/mol. The van der Waals surface area contributed by atoms with Gasteiger partial charge in [-0.2, -0.15) is 0 Å². The number of carbonyl (C=O) groups is 1. The SMILES string of the molecule is Cc1cccc(NC(=O)Nc2ncc(CCNc3ncnc4ccsc34)s2)n1. The van der Waals surface area contributed by atoms with Crippen molar-refractivity contribution in [2.24, 2.45) is 0 Å². The molecule has 0 aliphatic heterocycles. The number of thiazole rings is 1. The molecule has 0 saturated carbocycles. The summed E-state index contributed by atoms with van der Waals surface area (Å²) in [5, 5.41) is 11.3. The Morgan fingerprint density at radius 3 is 2.96 bits per heavy atom. The van der Waals surface area contributed by atoms with E-state index in [2.05, 4.69) is 35.9 Å². The highest BCUT2D eigenvalue weighted by molar-refractivity contribution is 7.17. The molecule has 3 N–H and O–H groups in total. The summed E-state index contributed by atoms with van der Waals surface area (Å²) in [7, 11) is 0. The molecule has 0 aliphatic rings. The van der Waals surface area contributed by atoms with Crippen molar-refractivity contribution in [1.82, 2.24) is 19.9 Å². The number of nitrogens with one attached hydrogen (secondary N) is 3. The summed E-state index contributed by atoms with van der Waals surface area (Å²) in [6.07, 6.45) is 4.11. The normalized spacial score (nSPS) is 10.8. The predicted octanol–water partition coefficient (Wildman–Crippen LogP) is 4.15. The first-order chi connectivity index (χ1) is 13.7. The number of urea groups is 1. The number of hydrogen-bond acceptors (Lipinski definition) is 8. The van der Waals surface area contributed by atoms with Crippen molar-refractivity contribution in [1.29, 1.82) is 0 Å². The van der Waals surface area contributed by atoms with Gasteiger partial charge in [-0.3, -0.25) is 10.6 Å². The van der Waals surface area contributed by atoms with Gasteiger partial charge in [0.1, 0.15) is 18.0 Å². The number of aromatic nitrogens is 4. The summed E-state index contributed by atoms with van der Waals surface area (Å²) in [6, 6.07) is 7.07. The van der Waals surface area contributed by atoms with Gasteiger partial charge < -0.3 is 5.32 Å². The molecule has 142 valence electrons. The largest absolute Gasteiger partial charge is 0.368 e. The molecule has 0 saturated heterocycles. The van der Waals surface area contributed by atoms with E-state index in [1.165, 1.54) is 11.3 Å². The van der Waals surface area contributed by atoms with Crippen LogP contribution < -0.4 is 16.0 Å². The van der Waals surface area contributed by atoms with Crippen LogP contribution >= 0.6 is 22.7 Å². The second kappa shape index (κ2) is 8.28. The Hall–Kier alpha value is -3.11. The van der Waals surface area contributed by atoms with Crippen molar-refractivity contribution < 1.29 is 4.79 Å². The van der Waals surface area contributed by atoms with Gasteiger partial charge in [0.15, 0.2) is 5.13 Å². The minimum atomic E-state index is -0.363. The highest BCUT2D eigenvalue weighted by Crippen LogP contribution is 2.25. The van der Waals surface area contributed by atoms with Crippen LogP contribution in [-0.4, -0.2) is 32.5 Å². The monoisotopic (exact) mass is 411 g/mol. The van der Waals surface area contributed by atoms with E-state index in [0.717, 1.165) is 33.0 Å². The standard InChI is InChI=1S/C18H17N7OS2/c1-11-3-2-4-14(23-11)24-17(26)25-18-20-9-12(28-18)5-7-19-16-15-13(6-8-27-15)21-10-22-16/h2-4,6,8-10H,5,7H2,1H3,(H,19,21,22)(H2,20,23,24,25,26). The van der Waals surface area contributed by atoms with Crippen molar-refractivity contribution >= 4 is 55.7 Å². The average Bonchev–Trinajstić information content (AvgIpc) is 3.31. The zero-order chi connectivity index (χ0) is 19.3. The van der Waals surface area contributed by atoms with Gasteiger partial charge in [-0.25, -0.2) is 24.7 Å². The first-order valence-corrected chi connectivity index (χ1v) is 10.3. The zero-order valence-electron chi connectivity index (χ0n) is 15.0. The molecule has 0 atom stereocenters. The molecule has 2 amide bonds. The number of anilines is 3. The number of pyridine rings is 1. The van der Waals surface area contributed by atoms with Gasteiger partial charge >= 0.3 is 6.03 Å². The number of nitrogens with zero attached hydrogens (tertiary/aromatic N) is 4. The topological polar surface area (TPSA) is 105 Å². The molecule has 0 spiro atoms. The third kappa shape index (κ3) is 4.41. The van der Waals surface area contributed by atoms with Crippen LogP contribution in [0.4, 0.5) is 21.6 Å². The fraction of sp³-hybridized carbons (Fsp3) is 0.167. The lowest BCUT2D eigenvalue weighted by Crippen LogP contribution is -2.20. The summed E-state index contributed by atoms with van der Waals surface area (Å²) < 4.78 is 1.05. The lowest BCUT2D eigenvalue weighted by Gasteiger charge is -2.05. The lowest BCUT2D eigenvalue weighted by atomic mass is 10.3. The van der Waals surface area contributed by atoms with Crippen LogP contribution in [0.15, 0.2) is 42.2 Å². The molecule has 0 fully saturated rings. The number of fused-ring (bicyclic) bond motifs is 1. The van der Waals surface area contributed by atoms with Crippen molar-refractivity contribution in [3.8, 4) is 0 Å². The van der Waals surface area contributed by atoms with Gasteiger partial charge in [-0.15, -0.1) is 22.7 Å². The van der Waals surface area contributed by atoms with Crippen LogP contribution in [0.2, 0.25) is 0 Å².